The van der Waals surface area contributed by atoms with Gasteiger partial charge in [-0.3, -0.25) is 9.69 Å². The predicted molar refractivity (Wildman–Crippen MR) is 153 cm³/mol. The molecule has 0 radical (unpaired) electrons. The Kier molecular flexibility index (Phi) is 8.52. The number of phenolic OH excluding ortho intramolecular Hbond substituents is 1. The first-order valence-corrected chi connectivity index (χ1v) is 13.8. The molecule has 1 aliphatic rings. The number of aromatic hydroxyl groups is 1. The molecule has 0 aliphatic carbocycles. The van der Waals surface area contributed by atoms with Gasteiger partial charge in [-0.25, -0.2) is 0 Å². The van der Waals surface area contributed by atoms with Crippen LogP contribution < -0.4 is 5.32 Å². The number of hydrogen-bond donors (Lipinski definition) is 2. The third kappa shape index (κ3) is 6.55. The zero-order valence-electron chi connectivity index (χ0n) is 23.0. The summed E-state index contributed by atoms with van der Waals surface area (Å²) >= 11 is 0. The number of nitrogens with one attached hydrogen (secondary N) is 1. The second kappa shape index (κ2) is 12.4. The van der Waals surface area contributed by atoms with Crippen LogP contribution in [0.3, 0.4) is 0 Å². The first-order chi connectivity index (χ1) is 19.4. The average molecular weight is 541 g/mol. The Labute approximate surface area is 234 Å². The molecule has 3 aromatic carbocycles. The first-order valence-electron chi connectivity index (χ1n) is 13.8. The number of hydrogen-bond acceptors (Lipinski definition) is 8. The van der Waals surface area contributed by atoms with Crippen molar-refractivity contribution >= 4 is 5.97 Å². The third-order valence-corrected chi connectivity index (χ3v) is 7.37. The quantitative estimate of drug-likeness (QED) is 0.291. The van der Waals surface area contributed by atoms with Gasteiger partial charge in [0.25, 0.3) is 0 Å². The number of rotatable bonds is 10. The van der Waals surface area contributed by atoms with Crippen molar-refractivity contribution in [2.24, 2.45) is 0 Å². The second-order valence-corrected chi connectivity index (χ2v) is 10.5. The van der Waals surface area contributed by atoms with Crippen molar-refractivity contribution in [3.8, 4) is 17.1 Å². The minimum atomic E-state index is -0.282. The van der Waals surface area contributed by atoms with Gasteiger partial charge in [-0.05, 0) is 47.9 Å². The van der Waals surface area contributed by atoms with E-state index in [1.807, 2.05) is 30.3 Å². The van der Waals surface area contributed by atoms with Gasteiger partial charge in [-0.15, -0.1) is 10.2 Å². The highest BCUT2D eigenvalue weighted by Crippen LogP contribution is 2.38. The number of esters is 1. The van der Waals surface area contributed by atoms with Crippen molar-refractivity contribution in [1.29, 1.82) is 0 Å². The number of carbonyl (C=O) groups is 1. The van der Waals surface area contributed by atoms with Gasteiger partial charge in [0, 0.05) is 43.2 Å². The molecule has 5 rings (SSSR count). The molecule has 208 valence electrons. The molecule has 4 aromatic rings. The molecule has 1 aliphatic heterocycles. The van der Waals surface area contributed by atoms with Gasteiger partial charge in [-0.1, -0.05) is 66.7 Å². The largest absolute Gasteiger partial charge is 0.508 e. The van der Waals surface area contributed by atoms with Crippen molar-refractivity contribution in [1.82, 2.24) is 30.4 Å². The molecule has 40 heavy (non-hydrogen) atoms. The molecule has 1 saturated heterocycles. The van der Waals surface area contributed by atoms with E-state index in [0.717, 1.165) is 42.9 Å². The maximum Gasteiger partial charge on any atom is 0.307 e. The zero-order chi connectivity index (χ0) is 28.0. The number of ether oxygens (including phenoxy) is 1. The van der Waals surface area contributed by atoms with Crippen LogP contribution in [0.5, 0.6) is 5.75 Å². The summed E-state index contributed by atoms with van der Waals surface area (Å²) in [6.45, 7) is 8.29. The van der Waals surface area contributed by atoms with Gasteiger partial charge in [0.05, 0.1) is 19.6 Å². The smallest absolute Gasteiger partial charge is 0.307 e. The van der Waals surface area contributed by atoms with Crippen LogP contribution in [0.1, 0.15) is 42.9 Å². The summed E-state index contributed by atoms with van der Waals surface area (Å²) in [7, 11) is 0. The summed E-state index contributed by atoms with van der Waals surface area (Å²) in [6.07, 6.45) is 0.195. The standard InChI is InChI=1S/C31H36N6O3/c1-3-40-28(39)16-18-37-34-30(33-35-37)25-14-12-24(13-15-25)29(26-10-7-11-27(38)20-26)31(2)22-36(19-17-32-31)21-23-8-5-4-6-9-23/h4-15,20,29,32,38H,3,16-19,21-22H2,1-2H3/t29-,31-/m1/s1. The molecule has 9 heteroatoms. The maximum absolute atomic E-state index is 11.7. The molecular weight excluding hydrogens is 504 g/mol. The lowest BCUT2D eigenvalue weighted by atomic mass is 9.74. The Morgan fingerprint density at radius 2 is 1.88 bits per heavy atom. The van der Waals surface area contributed by atoms with Crippen molar-refractivity contribution in [3.63, 3.8) is 0 Å². The van der Waals surface area contributed by atoms with Gasteiger partial charge in [0.1, 0.15) is 5.75 Å². The van der Waals surface area contributed by atoms with Crippen LogP contribution >= 0.6 is 0 Å². The fourth-order valence-corrected chi connectivity index (χ4v) is 5.60. The molecule has 2 atom stereocenters. The molecule has 0 saturated carbocycles. The van der Waals surface area contributed by atoms with Crippen LogP contribution in [-0.2, 0) is 22.6 Å². The first kappa shape index (κ1) is 27.5. The van der Waals surface area contributed by atoms with Gasteiger partial charge < -0.3 is 15.2 Å². The Bertz CT molecular complexity index is 1410. The predicted octanol–water partition coefficient (Wildman–Crippen LogP) is 3.99. The summed E-state index contributed by atoms with van der Waals surface area (Å²) in [5.41, 5.74) is 4.03. The van der Waals surface area contributed by atoms with Gasteiger partial charge in [0.15, 0.2) is 0 Å². The number of benzene rings is 3. The van der Waals surface area contributed by atoms with E-state index in [0.29, 0.717) is 19.0 Å². The highest BCUT2D eigenvalue weighted by Gasteiger charge is 2.40. The third-order valence-electron chi connectivity index (χ3n) is 7.37. The lowest BCUT2D eigenvalue weighted by Crippen LogP contribution is -2.61. The van der Waals surface area contributed by atoms with E-state index in [4.69, 9.17) is 4.74 Å². The van der Waals surface area contributed by atoms with Crippen molar-refractivity contribution < 1.29 is 14.6 Å². The number of nitrogens with zero attached hydrogens (tertiary/aromatic N) is 5. The minimum Gasteiger partial charge on any atom is -0.508 e. The van der Waals surface area contributed by atoms with E-state index in [9.17, 15) is 9.90 Å². The molecule has 1 aromatic heterocycles. The van der Waals surface area contributed by atoms with Crippen LogP contribution in [0.4, 0.5) is 0 Å². The van der Waals surface area contributed by atoms with E-state index in [-0.39, 0.29) is 29.6 Å². The number of tetrazole rings is 1. The van der Waals surface area contributed by atoms with E-state index >= 15 is 0 Å². The molecule has 0 amide bonds. The van der Waals surface area contributed by atoms with E-state index < -0.39 is 0 Å². The molecule has 0 spiro atoms. The van der Waals surface area contributed by atoms with Crippen molar-refractivity contribution in [2.45, 2.75) is 44.8 Å². The second-order valence-electron chi connectivity index (χ2n) is 10.5. The van der Waals surface area contributed by atoms with Crippen molar-refractivity contribution in [2.75, 3.05) is 26.2 Å². The van der Waals surface area contributed by atoms with Crippen molar-refractivity contribution in [3.05, 3.63) is 95.6 Å². The number of carbonyl (C=O) groups excluding carboxylic acids is 1. The maximum atomic E-state index is 11.7. The van der Waals surface area contributed by atoms with E-state index in [1.165, 1.54) is 10.4 Å². The number of aryl methyl sites for hydroxylation is 1. The summed E-state index contributed by atoms with van der Waals surface area (Å²) in [5, 5.41) is 26.9. The van der Waals surface area contributed by atoms with E-state index in [1.54, 1.807) is 13.0 Å². The normalized spacial score (nSPS) is 18.4. The minimum absolute atomic E-state index is 0.0135. The Hall–Kier alpha value is -4.08. The van der Waals surface area contributed by atoms with Crippen LogP contribution in [0.25, 0.3) is 11.4 Å². The average Bonchev–Trinajstić information content (AvgIpc) is 3.42. The van der Waals surface area contributed by atoms with Crippen LogP contribution in [0.15, 0.2) is 78.9 Å². The summed E-state index contributed by atoms with van der Waals surface area (Å²) in [5.74, 6) is 0.458. The van der Waals surface area contributed by atoms with Crippen LogP contribution in [0, 0.1) is 0 Å². The van der Waals surface area contributed by atoms with E-state index in [2.05, 4.69) is 75.0 Å². The highest BCUT2D eigenvalue weighted by molar-refractivity contribution is 5.69. The molecule has 2 heterocycles. The number of aromatic nitrogens is 4. The van der Waals surface area contributed by atoms with Gasteiger partial charge in [0.2, 0.25) is 5.82 Å². The monoisotopic (exact) mass is 540 g/mol. The fourth-order valence-electron chi connectivity index (χ4n) is 5.60. The zero-order valence-corrected chi connectivity index (χ0v) is 23.0. The molecule has 9 nitrogen and oxygen atoms in total. The topological polar surface area (TPSA) is 105 Å². The van der Waals surface area contributed by atoms with Gasteiger partial charge >= 0.3 is 5.97 Å². The SMILES string of the molecule is CCOC(=O)CCn1nnc(-c2ccc([C@H](c3cccc(O)c3)[C@@]3(C)CN(Cc4ccccc4)CCN3)cc2)n1. The Morgan fingerprint density at radius 1 is 1.07 bits per heavy atom. The fraction of sp³-hybridized carbons (Fsp3) is 0.355. The molecule has 1 fully saturated rings. The number of piperazine rings is 1. The molecule has 0 unspecified atom stereocenters. The molecular formula is C31H36N6O3. The van der Waals surface area contributed by atoms with Gasteiger partial charge in [-0.2, -0.15) is 4.80 Å². The Morgan fingerprint density at radius 3 is 2.62 bits per heavy atom. The van der Waals surface area contributed by atoms with Crippen LogP contribution in [-0.4, -0.2) is 68.0 Å². The summed E-state index contributed by atoms with van der Waals surface area (Å²) < 4.78 is 4.98. The Balaban J connectivity index is 1.38. The highest BCUT2D eigenvalue weighted by atomic mass is 16.5. The summed E-state index contributed by atoms with van der Waals surface area (Å²) in [6, 6.07) is 26.3. The summed E-state index contributed by atoms with van der Waals surface area (Å²) in [4.78, 5) is 15.6. The van der Waals surface area contributed by atoms with Crippen LogP contribution in [0.2, 0.25) is 0 Å². The lowest BCUT2D eigenvalue weighted by molar-refractivity contribution is -0.143. The molecule has 0 bridgehead atoms. The molecule has 2 N–H and O–H groups in total. The lowest BCUT2D eigenvalue weighted by Gasteiger charge is -2.46. The number of phenols is 1.